The van der Waals surface area contributed by atoms with Gasteiger partial charge in [-0.25, -0.2) is 15.0 Å². The summed E-state index contributed by atoms with van der Waals surface area (Å²) in [6, 6.07) is 3.88. The summed E-state index contributed by atoms with van der Waals surface area (Å²) in [5, 5.41) is 7.43. The maximum absolute atomic E-state index is 12.7. The zero-order chi connectivity index (χ0) is 24.8. The van der Waals surface area contributed by atoms with Gasteiger partial charge in [0.25, 0.3) is 5.91 Å². The molecular weight excluding hydrogens is 502 g/mol. The smallest absolute Gasteiger partial charge is 0.263 e. The Morgan fingerprint density at radius 3 is 2.92 bits per heavy atom. The number of ether oxygens (including phenoxy) is 2. The van der Waals surface area contributed by atoms with Gasteiger partial charge in [-0.05, 0) is 37.6 Å². The largest absolute Gasteiger partial charge is 0.418 e. The van der Waals surface area contributed by atoms with Gasteiger partial charge >= 0.3 is 0 Å². The fraction of sp³-hybridized carbons (Fsp3) is 0.375. The second kappa shape index (κ2) is 9.40. The lowest BCUT2D eigenvalue weighted by molar-refractivity contribution is 0.0337. The van der Waals surface area contributed by atoms with Crippen LogP contribution in [0.2, 0.25) is 5.28 Å². The summed E-state index contributed by atoms with van der Waals surface area (Å²) in [5.41, 5.74) is 3.78. The maximum Gasteiger partial charge on any atom is 0.263 e. The van der Waals surface area contributed by atoms with Crippen LogP contribution in [0.25, 0.3) is 21.1 Å². The van der Waals surface area contributed by atoms with Gasteiger partial charge in [-0.2, -0.15) is 4.98 Å². The van der Waals surface area contributed by atoms with Gasteiger partial charge in [-0.3, -0.25) is 9.69 Å². The number of hydrogen-bond donors (Lipinski definition) is 2. The monoisotopic (exact) mass is 525 g/mol. The highest BCUT2D eigenvalue weighted by molar-refractivity contribution is 7.21. The molecule has 0 aliphatic carbocycles. The first-order chi connectivity index (χ1) is 17.5. The van der Waals surface area contributed by atoms with E-state index < -0.39 is 0 Å². The van der Waals surface area contributed by atoms with E-state index in [-0.39, 0.29) is 17.2 Å². The number of carbonyl (C=O) groups excluding carboxylic acids is 1. The first kappa shape index (κ1) is 23.3. The first-order valence-corrected chi connectivity index (χ1v) is 12.9. The summed E-state index contributed by atoms with van der Waals surface area (Å²) < 4.78 is 12.6. The number of aryl methyl sites for hydroxylation is 1. The molecule has 0 unspecified atom stereocenters. The third kappa shape index (κ3) is 4.32. The number of morpholine rings is 1. The van der Waals surface area contributed by atoms with Crippen LogP contribution in [0, 0.1) is 6.92 Å². The fourth-order valence-corrected chi connectivity index (χ4v) is 5.80. The molecule has 1 aromatic carbocycles. The van der Waals surface area contributed by atoms with E-state index in [1.165, 1.54) is 11.3 Å². The Balaban J connectivity index is 1.37. The van der Waals surface area contributed by atoms with E-state index in [2.05, 4.69) is 25.5 Å². The van der Waals surface area contributed by atoms with Crippen LogP contribution < -0.4 is 15.4 Å². The topological polar surface area (TPSA) is 114 Å². The van der Waals surface area contributed by atoms with Crippen molar-refractivity contribution < 1.29 is 14.3 Å². The number of fused-ring (bicyclic) bond motifs is 5. The van der Waals surface area contributed by atoms with Crippen LogP contribution in [0.3, 0.4) is 0 Å². The van der Waals surface area contributed by atoms with Crippen molar-refractivity contribution in [2.75, 3.05) is 38.2 Å². The molecule has 1 fully saturated rings. The summed E-state index contributed by atoms with van der Waals surface area (Å²) in [4.78, 5) is 33.7. The molecule has 6 rings (SSSR count). The molecule has 4 aromatic rings. The van der Waals surface area contributed by atoms with Gasteiger partial charge in [-0.1, -0.05) is 0 Å². The molecular formula is C24H24ClN7O3S. The molecule has 5 heterocycles. The quantitative estimate of drug-likeness (QED) is 0.384. The summed E-state index contributed by atoms with van der Waals surface area (Å²) in [6.45, 7) is 8.15. The minimum Gasteiger partial charge on any atom is -0.418 e. The average molecular weight is 526 g/mol. The molecule has 0 spiro atoms. The number of rotatable bonds is 4. The number of aromatic nitrogens is 4. The van der Waals surface area contributed by atoms with Crippen molar-refractivity contribution in [3.8, 4) is 11.8 Å². The highest BCUT2D eigenvalue weighted by Gasteiger charge is 2.25. The van der Waals surface area contributed by atoms with Crippen LogP contribution in [0.1, 0.15) is 27.9 Å². The van der Waals surface area contributed by atoms with Crippen LogP contribution in [0.15, 0.2) is 18.3 Å². The van der Waals surface area contributed by atoms with Crippen LogP contribution in [-0.2, 0) is 11.3 Å². The number of hydrogen-bond acceptors (Lipinski definition) is 10. The molecule has 1 atom stereocenters. The number of amides is 1. The van der Waals surface area contributed by atoms with E-state index in [9.17, 15) is 4.79 Å². The van der Waals surface area contributed by atoms with Gasteiger partial charge in [0, 0.05) is 42.3 Å². The molecule has 12 heteroatoms. The van der Waals surface area contributed by atoms with Crippen molar-refractivity contribution in [3.05, 3.63) is 39.7 Å². The fourth-order valence-electron chi connectivity index (χ4n) is 4.51. The number of carbonyl (C=O) groups is 1. The van der Waals surface area contributed by atoms with Gasteiger partial charge in [0.15, 0.2) is 0 Å². The highest BCUT2D eigenvalue weighted by Crippen LogP contribution is 2.40. The Hall–Kier alpha value is -3.12. The van der Waals surface area contributed by atoms with Crippen molar-refractivity contribution in [1.82, 2.24) is 30.2 Å². The van der Waals surface area contributed by atoms with Crippen molar-refractivity contribution >= 4 is 55.7 Å². The molecule has 186 valence electrons. The average Bonchev–Trinajstić information content (AvgIpc) is 3.18. The summed E-state index contributed by atoms with van der Waals surface area (Å²) in [6.07, 6.45) is 1.58. The molecule has 0 radical (unpaired) electrons. The summed E-state index contributed by atoms with van der Waals surface area (Å²) in [7, 11) is 0. The number of halogens is 1. The Morgan fingerprint density at radius 1 is 1.25 bits per heavy atom. The van der Waals surface area contributed by atoms with Gasteiger partial charge in [0.2, 0.25) is 17.0 Å². The lowest BCUT2D eigenvalue weighted by Crippen LogP contribution is -2.36. The number of thiophene rings is 1. The SMILES string of the molecule is Cc1nc(Cl)nc(Oc2cnc3c(ccc4sc5c(c43)NC[C@@H](C)NC5=O)n2)c1CN1CCOCC1. The Bertz CT molecular complexity index is 1490. The van der Waals surface area contributed by atoms with Gasteiger partial charge in [0.05, 0.1) is 47.4 Å². The van der Waals surface area contributed by atoms with Crippen molar-refractivity contribution in [3.63, 3.8) is 0 Å². The number of nitrogens with one attached hydrogen (secondary N) is 2. The van der Waals surface area contributed by atoms with Crippen molar-refractivity contribution in [2.24, 2.45) is 0 Å². The third-order valence-electron chi connectivity index (χ3n) is 6.35. The number of nitrogens with zero attached hydrogens (tertiary/aromatic N) is 5. The third-order valence-corrected chi connectivity index (χ3v) is 7.67. The van der Waals surface area contributed by atoms with Crippen molar-refractivity contribution in [2.45, 2.75) is 26.4 Å². The lowest BCUT2D eigenvalue weighted by atomic mass is 10.1. The highest BCUT2D eigenvalue weighted by atomic mass is 35.5. The summed E-state index contributed by atoms with van der Waals surface area (Å²) >= 11 is 7.62. The zero-order valence-corrected chi connectivity index (χ0v) is 21.4. The zero-order valence-electron chi connectivity index (χ0n) is 19.8. The predicted molar refractivity (Wildman–Crippen MR) is 138 cm³/mol. The molecule has 2 N–H and O–H groups in total. The van der Waals surface area contributed by atoms with Crippen LogP contribution in [0.4, 0.5) is 5.69 Å². The molecule has 2 aliphatic rings. The Kier molecular flexibility index (Phi) is 6.08. The maximum atomic E-state index is 12.7. The molecule has 1 amide bonds. The van der Waals surface area contributed by atoms with E-state index in [1.54, 1.807) is 6.20 Å². The minimum absolute atomic E-state index is 0.0306. The van der Waals surface area contributed by atoms with E-state index in [1.807, 2.05) is 26.0 Å². The van der Waals surface area contributed by atoms with Gasteiger partial charge in [0.1, 0.15) is 4.88 Å². The molecule has 10 nitrogen and oxygen atoms in total. The molecule has 1 saturated heterocycles. The normalized spacial score (nSPS) is 18.5. The van der Waals surface area contributed by atoms with Gasteiger partial charge < -0.3 is 20.1 Å². The molecule has 36 heavy (non-hydrogen) atoms. The molecule has 0 saturated carbocycles. The molecule has 0 bridgehead atoms. The first-order valence-electron chi connectivity index (χ1n) is 11.7. The lowest BCUT2D eigenvalue weighted by Gasteiger charge is -2.27. The second-order valence-corrected chi connectivity index (χ2v) is 10.3. The van der Waals surface area contributed by atoms with E-state index in [0.29, 0.717) is 54.0 Å². The van der Waals surface area contributed by atoms with Crippen LogP contribution in [-0.4, -0.2) is 69.6 Å². The molecule has 3 aromatic heterocycles. The van der Waals surface area contributed by atoms with Gasteiger partial charge in [-0.15, -0.1) is 11.3 Å². The standard InChI is InChI=1S/C24H24ClN7O3S/c1-12-9-26-20-18-16(36-21(20)22(33)28-12)4-3-15-19(18)27-10-17(30-15)35-23-14(13(2)29-24(25)31-23)11-32-5-7-34-8-6-32/h3-4,10,12,26H,5-9,11H2,1-2H3,(H,28,33)/t12-/m1/s1. The van der Waals surface area contributed by atoms with Crippen molar-refractivity contribution in [1.29, 1.82) is 0 Å². The van der Waals surface area contributed by atoms with E-state index >= 15 is 0 Å². The number of anilines is 1. The minimum atomic E-state index is -0.0754. The summed E-state index contributed by atoms with van der Waals surface area (Å²) in [5.74, 6) is 0.596. The van der Waals surface area contributed by atoms with Crippen LogP contribution >= 0.6 is 22.9 Å². The van der Waals surface area contributed by atoms with E-state index in [4.69, 9.17) is 31.0 Å². The molecule has 2 aliphatic heterocycles. The van der Waals surface area contributed by atoms with Crippen LogP contribution in [0.5, 0.6) is 11.8 Å². The number of benzene rings is 1. The second-order valence-electron chi connectivity index (χ2n) is 8.93. The predicted octanol–water partition coefficient (Wildman–Crippen LogP) is 3.76. The van der Waals surface area contributed by atoms with E-state index in [0.717, 1.165) is 40.1 Å². The Labute approximate surface area is 216 Å². The Morgan fingerprint density at radius 2 is 2.08 bits per heavy atom.